The number of allylic oxidation sites excluding steroid dienone is 1. The van der Waals surface area contributed by atoms with Gasteiger partial charge in [-0.2, -0.15) is 0 Å². The smallest absolute Gasteiger partial charge is 0.160 e. The fraction of sp³-hybridized carbons (Fsp3) is 0. The quantitative estimate of drug-likeness (QED) is 0.132. The van der Waals surface area contributed by atoms with Crippen LogP contribution in [0.1, 0.15) is 5.56 Å². The lowest BCUT2D eigenvalue weighted by Gasteiger charge is -2.06. The van der Waals surface area contributed by atoms with Crippen molar-refractivity contribution in [3.05, 3.63) is 83.6 Å². The Morgan fingerprint density at radius 1 is 1.10 bits per heavy atom. The van der Waals surface area contributed by atoms with Crippen molar-refractivity contribution in [1.82, 2.24) is 14.8 Å². The van der Waals surface area contributed by atoms with Gasteiger partial charge >= 0.3 is 0 Å². The third-order valence-electron chi connectivity index (χ3n) is 4.42. The summed E-state index contributed by atoms with van der Waals surface area (Å²) in [7, 11) is 0. The number of benzene rings is 2. The molecular formula is C21H17ClIN6P. The highest BCUT2D eigenvalue weighted by Crippen LogP contribution is 2.29. The summed E-state index contributed by atoms with van der Waals surface area (Å²) in [5.41, 5.74) is 9.48. The summed E-state index contributed by atoms with van der Waals surface area (Å²) < 4.78 is 6.07. The van der Waals surface area contributed by atoms with E-state index in [2.05, 4.69) is 37.1 Å². The fourth-order valence-electron chi connectivity index (χ4n) is 3.04. The van der Waals surface area contributed by atoms with E-state index in [1.807, 2.05) is 60.7 Å². The van der Waals surface area contributed by atoms with Crippen molar-refractivity contribution in [3.8, 4) is 5.82 Å². The van der Waals surface area contributed by atoms with Crippen molar-refractivity contribution in [3.63, 3.8) is 0 Å². The molecular weight excluding hydrogens is 530 g/mol. The second-order valence-corrected chi connectivity index (χ2v) is 8.52. The monoisotopic (exact) mass is 546 g/mol. The number of aromatic nitrogens is 3. The first kappa shape index (κ1) is 20.8. The van der Waals surface area contributed by atoms with Gasteiger partial charge in [0.15, 0.2) is 11.6 Å². The molecule has 0 fully saturated rings. The second-order valence-electron chi connectivity index (χ2n) is 6.26. The van der Waals surface area contributed by atoms with Gasteiger partial charge in [-0.3, -0.25) is 4.76 Å². The SMILES string of the molecule is NC=C(C=NPI)c1ccc(Nc2nn(-c3cccc(Cl)n3)c3ccccc23)cc1. The average molecular weight is 547 g/mol. The minimum absolute atomic E-state index is 0.424. The molecule has 150 valence electrons. The van der Waals surface area contributed by atoms with Crippen LogP contribution in [0, 0.1) is 0 Å². The van der Waals surface area contributed by atoms with Crippen molar-refractivity contribution in [2.45, 2.75) is 0 Å². The number of anilines is 2. The van der Waals surface area contributed by atoms with Crippen molar-refractivity contribution >= 4 is 74.2 Å². The molecule has 9 heteroatoms. The lowest BCUT2D eigenvalue weighted by Crippen LogP contribution is -2.00. The predicted molar refractivity (Wildman–Crippen MR) is 137 cm³/mol. The molecule has 2 aromatic carbocycles. The fourth-order valence-corrected chi connectivity index (χ4v) is 3.80. The summed E-state index contributed by atoms with van der Waals surface area (Å²) in [6.45, 7) is 0. The van der Waals surface area contributed by atoms with E-state index in [-0.39, 0.29) is 0 Å². The Morgan fingerprint density at radius 2 is 1.90 bits per heavy atom. The molecule has 2 heterocycles. The Labute approximate surface area is 193 Å². The van der Waals surface area contributed by atoms with Crippen LogP contribution in [0.15, 0.2) is 77.7 Å². The summed E-state index contributed by atoms with van der Waals surface area (Å²) in [5, 5.41) is 9.56. The zero-order valence-corrected chi connectivity index (χ0v) is 19.5. The second kappa shape index (κ2) is 9.55. The largest absolute Gasteiger partial charge is 0.404 e. The number of pyridine rings is 1. The van der Waals surface area contributed by atoms with E-state index in [1.54, 1.807) is 23.2 Å². The molecule has 0 aliphatic carbocycles. The molecule has 0 aliphatic heterocycles. The predicted octanol–water partition coefficient (Wildman–Crippen LogP) is 6.13. The van der Waals surface area contributed by atoms with Crippen LogP contribution in [0.25, 0.3) is 22.3 Å². The van der Waals surface area contributed by atoms with Gasteiger partial charge in [0.25, 0.3) is 0 Å². The number of nitrogens with zero attached hydrogens (tertiary/aromatic N) is 4. The minimum atomic E-state index is 0.424. The summed E-state index contributed by atoms with van der Waals surface area (Å²) in [5.74, 6) is 1.40. The van der Waals surface area contributed by atoms with E-state index >= 15 is 0 Å². The lowest BCUT2D eigenvalue weighted by molar-refractivity contribution is 0.878. The Balaban J connectivity index is 1.67. The summed E-state index contributed by atoms with van der Waals surface area (Å²) >= 11 is 8.30. The first-order chi connectivity index (χ1) is 14.7. The molecule has 1 unspecified atom stereocenters. The molecule has 1 atom stereocenters. The first-order valence-corrected chi connectivity index (χ1v) is 13.4. The van der Waals surface area contributed by atoms with Gasteiger partial charge in [0.05, 0.1) is 11.9 Å². The normalized spacial score (nSPS) is 12.4. The van der Waals surface area contributed by atoms with Crippen LogP contribution in [0.4, 0.5) is 11.5 Å². The maximum atomic E-state index is 6.08. The third kappa shape index (κ3) is 4.48. The van der Waals surface area contributed by atoms with E-state index in [0.717, 1.165) is 33.5 Å². The van der Waals surface area contributed by atoms with Crippen LogP contribution in [-0.2, 0) is 0 Å². The van der Waals surface area contributed by atoms with E-state index in [9.17, 15) is 0 Å². The van der Waals surface area contributed by atoms with Gasteiger partial charge in [0, 0.05) is 29.1 Å². The Morgan fingerprint density at radius 3 is 2.63 bits per heavy atom. The molecule has 0 bridgehead atoms. The summed E-state index contributed by atoms with van der Waals surface area (Å²) in [6, 6.07) is 21.5. The van der Waals surface area contributed by atoms with E-state index < -0.39 is 0 Å². The lowest BCUT2D eigenvalue weighted by atomic mass is 10.1. The molecule has 0 saturated heterocycles. The number of hydrogen-bond acceptors (Lipinski definition) is 5. The molecule has 30 heavy (non-hydrogen) atoms. The van der Waals surface area contributed by atoms with E-state index in [4.69, 9.17) is 22.4 Å². The maximum Gasteiger partial charge on any atom is 0.160 e. The maximum absolute atomic E-state index is 6.08. The average Bonchev–Trinajstić information content (AvgIpc) is 3.14. The molecule has 0 aliphatic rings. The molecule has 4 rings (SSSR count). The van der Waals surface area contributed by atoms with Crippen molar-refractivity contribution < 1.29 is 0 Å². The van der Waals surface area contributed by atoms with Crippen molar-refractivity contribution in [1.29, 1.82) is 0 Å². The molecule has 2 aromatic heterocycles. The molecule has 6 nitrogen and oxygen atoms in total. The highest BCUT2D eigenvalue weighted by molar-refractivity contribution is 14.2. The van der Waals surface area contributed by atoms with Crippen molar-refractivity contribution in [2.24, 2.45) is 10.5 Å². The van der Waals surface area contributed by atoms with Crippen LogP contribution in [-0.4, -0.2) is 21.0 Å². The van der Waals surface area contributed by atoms with E-state index in [1.165, 1.54) is 0 Å². The van der Waals surface area contributed by atoms with Gasteiger partial charge in [-0.25, -0.2) is 9.67 Å². The number of hydrogen-bond donors (Lipinski definition) is 2. The molecule has 0 radical (unpaired) electrons. The van der Waals surface area contributed by atoms with Crippen LogP contribution < -0.4 is 11.1 Å². The van der Waals surface area contributed by atoms with Crippen LogP contribution in [0.2, 0.25) is 5.15 Å². The van der Waals surface area contributed by atoms with E-state index in [0.29, 0.717) is 17.3 Å². The number of nitrogens with one attached hydrogen (secondary N) is 1. The molecule has 4 aromatic rings. The Bertz CT molecular complexity index is 1240. The number of nitrogens with two attached hydrogens (primary N) is 1. The van der Waals surface area contributed by atoms with Gasteiger partial charge in [-0.1, -0.05) is 41.9 Å². The highest BCUT2D eigenvalue weighted by Gasteiger charge is 2.13. The first-order valence-electron chi connectivity index (χ1n) is 8.98. The van der Waals surface area contributed by atoms with Gasteiger partial charge in [0.2, 0.25) is 0 Å². The van der Waals surface area contributed by atoms with Gasteiger partial charge in [-0.15, -0.1) is 5.10 Å². The topological polar surface area (TPSA) is 81.1 Å². The third-order valence-corrected chi connectivity index (χ3v) is 5.69. The Hall–Kier alpha value is -2.48. The number of para-hydroxylation sites is 1. The number of halogens is 2. The highest BCUT2D eigenvalue weighted by atomic mass is 127. The van der Waals surface area contributed by atoms with Crippen LogP contribution in [0.3, 0.4) is 0 Å². The summed E-state index contributed by atoms with van der Waals surface area (Å²) in [4.78, 5) is 4.39. The van der Waals surface area contributed by atoms with Gasteiger partial charge in [0.1, 0.15) is 5.15 Å². The van der Waals surface area contributed by atoms with Crippen LogP contribution >= 0.6 is 40.0 Å². The summed E-state index contributed by atoms with van der Waals surface area (Å²) in [6.07, 6.45) is 3.82. The standard InChI is InChI=1S/C21H17ClIN6P/c22-19-6-3-7-20(27-19)29-18-5-2-1-4-17(18)21(28-29)26-16-10-8-14(9-11-16)15(12-24)13-25-30-23/h1-13,30H,24H2,(H,26,28). The van der Waals surface area contributed by atoms with Gasteiger partial charge < -0.3 is 11.1 Å². The zero-order valence-electron chi connectivity index (χ0n) is 15.6. The molecule has 0 saturated carbocycles. The molecule has 3 N–H and O–H groups in total. The zero-order chi connectivity index (χ0) is 20.9. The van der Waals surface area contributed by atoms with Crippen molar-refractivity contribution in [2.75, 3.05) is 5.32 Å². The molecule has 0 amide bonds. The Kier molecular flexibility index (Phi) is 6.62. The molecule has 0 spiro atoms. The number of rotatable bonds is 6. The number of fused-ring (bicyclic) bond motifs is 1. The van der Waals surface area contributed by atoms with Gasteiger partial charge in [-0.05, 0) is 64.0 Å². The minimum Gasteiger partial charge on any atom is -0.404 e. The van der Waals surface area contributed by atoms with Crippen LogP contribution in [0.5, 0.6) is 0 Å².